The van der Waals surface area contributed by atoms with Gasteiger partial charge < -0.3 is 10.4 Å². The van der Waals surface area contributed by atoms with Gasteiger partial charge in [0.15, 0.2) is 0 Å². The summed E-state index contributed by atoms with van der Waals surface area (Å²) in [6, 6.07) is 9.79. The Morgan fingerprint density at radius 1 is 1.16 bits per heavy atom. The van der Waals surface area contributed by atoms with Crippen LogP contribution in [0.5, 0.6) is 0 Å². The summed E-state index contributed by atoms with van der Waals surface area (Å²) in [4.78, 5) is 4.37. The monoisotopic (exact) mass is 342 g/mol. The number of aliphatic hydroxyl groups is 1. The number of benzene rings is 2. The Morgan fingerprint density at radius 2 is 1.92 bits per heavy atom. The van der Waals surface area contributed by atoms with E-state index in [1.54, 1.807) is 20.0 Å². The van der Waals surface area contributed by atoms with E-state index in [1.165, 1.54) is 6.07 Å². The fraction of sp³-hybridized carbons (Fsp3) is 0.250. The number of nitrogens with one attached hydrogen (secondary N) is 1. The van der Waals surface area contributed by atoms with Gasteiger partial charge in [-0.3, -0.25) is 0 Å². The van der Waals surface area contributed by atoms with Gasteiger partial charge in [0.2, 0.25) is 0 Å². The third-order valence-electron chi connectivity index (χ3n) is 4.08. The van der Waals surface area contributed by atoms with Gasteiger partial charge in [-0.05, 0) is 32.4 Å². The van der Waals surface area contributed by atoms with Crippen LogP contribution in [0, 0.1) is 18.6 Å². The quantitative estimate of drug-likeness (QED) is 0.724. The number of hydrogen-bond donors (Lipinski definition) is 2. The average Bonchev–Trinajstić information content (AvgIpc) is 2.55. The summed E-state index contributed by atoms with van der Waals surface area (Å²) >= 11 is 0. The van der Waals surface area contributed by atoms with Crippen molar-refractivity contribution < 1.29 is 13.9 Å². The number of nitrogens with zero attached hydrogens (tertiary/aromatic N) is 1. The van der Waals surface area contributed by atoms with Crippen molar-refractivity contribution in [3.63, 3.8) is 0 Å². The summed E-state index contributed by atoms with van der Waals surface area (Å²) in [6.45, 7) is 5.37. The predicted molar refractivity (Wildman–Crippen MR) is 96.6 cm³/mol. The third kappa shape index (κ3) is 3.46. The van der Waals surface area contributed by atoms with Crippen molar-refractivity contribution in [2.24, 2.45) is 0 Å². The molecular weight excluding hydrogens is 322 g/mol. The molecule has 2 aromatic carbocycles. The number of aliphatic hydroxyl groups excluding tert-OH is 1. The van der Waals surface area contributed by atoms with Gasteiger partial charge >= 0.3 is 0 Å². The summed E-state index contributed by atoms with van der Waals surface area (Å²) in [5.74, 6) is -0.972. The maximum absolute atomic E-state index is 14.6. The lowest BCUT2D eigenvalue weighted by Gasteiger charge is -2.25. The molecule has 130 valence electrons. The fourth-order valence-electron chi connectivity index (χ4n) is 2.79. The lowest BCUT2D eigenvalue weighted by Crippen LogP contribution is -2.35. The second-order valence-corrected chi connectivity index (χ2v) is 6.87. The molecule has 0 amide bonds. The van der Waals surface area contributed by atoms with E-state index in [-0.39, 0.29) is 6.61 Å². The van der Waals surface area contributed by atoms with E-state index >= 15 is 0 Å². The zero-order valence-corrected chi connectivity index (χ0v) is 14.4. The molecule has 0 saturated carbocycles. The highest BCUT2D eigenvalue weighted by atomic mass is 19.1. The average molecular weight is 342 g/mol. The van der Waals surface area contributed by atoms with Crippen LogP contribution in [-0.4, -0.2) is 22.2 Å². The highest BCUT2D eigenvalue weighted by Gasteiger charge is 2.21. The highest BCUT2D eigenvalue weighted by molar-refractivity contribution is 6.02. The van der Waals surface area contributed by atoms with Gasteiger partial charge in [0.1, 0.15) is 17.5 Å². The summed E-state index contributed by atoms with van der Waals surface area (Å²) < 4.78 is 28.5. The van der Waals surface area contributed by atoms with Gasteiger partial charge in [-0.25, -0.2) is 13.8 Å². The van der Waals surface area contributed by atoms with Crippen LogP contribution in [0.2, 0.25) is 0 Å². The van der Waals surface area contributed by atoms with E-state index in [0.29, 0.717) is 22.2 Å². The molecule has 2 N–H and O–H groups in total. The molecule has 0 aliphatic heterocycles. The van der Waals surface area contributed by atoms with Crippen molar-refractivity contribution >= 4 is 16.6 Å². The molecule has 5 heteroatoms. The Bertz CT molecular complexity index is 938. The minimum absolute atomic E-state index is 0.145. The third-order valence-corrected chi connectivity index (χ3v) is 4.08. The maximum Gasteiger partial charge on any atom is 0.134 e. The van der Waals surface area contributed by atoms with Crippen LogP contribution in [0.25, 0.3) is 21.9 Å². The summed E-state index contributed by atoms with van der Waals surface area (Å²) in [5, 5.41) is 13.2. The molecule has 25 heavy (non-hydrogen) atoms. The lowest BCUT2D eigenvalue weighted by molar-refractivity contribution is 0.234. The number of hydrogen-bond acceptors (Lipinski definition) is 3. The molecule has 0 radical (unpaired) electrons. The molecule has 0 aliphatic carbocycles. The van der Waals surface area contributed by atoms with E-state index in [1.807, 2.05) is 31.2 Å². The topological polar surface area (TPSA) is 45.2 Å². The first-order valence-electron chi connectivity index (χ1n) is 8.04. The molecule has 3 aromatic rings. The molecule has 1 aromatic heterocycles. The molecule has 3 nitrogen and oxygen atoms in total. The van der Waals surface area contributed by atoms with E-state index in [9.17, 15) is 13.9 Å². The Kier molecular flexibility index (Phi) is 4.43. The van der Waals surface area contributed by atoms with Crippen LogP contribution in [0.15, 0.2) is 42.6 Å². The molecule has 3 rings (SSSR count). The van der Waals surface area contributed by atoms with E-state index in [4.69, 9.17) is 0 Å². The number of aromatic nitrogens is 1. The number of halogens is 2. The van der Waals surface area contributed by atoms with Crippen molar-refractivity contribution in [2.45, 2.75) is 26.3 Å². The van der Waals surface area contributed by atoms with Gasteiger partial charge in [-0.2, -0.15) is 0 Å². The maximum atomic E-state index is 14.6. The molecule has 0 unspecified atom stereocenters. The van der Waals surface area contributed by atoms with Crippen LogP contribution >= 0.6 is 0 Å². The van der Waals surface area contributed by atoms with Gasteiger partial charge in [0.05, 0.1) is 12.1 Å². The first-order chi connectivity index (χ1) is 11.8. The van der Waals surface area contributed by atoms with Crippen LogP contribution < -0.4 is 5.32 Å². The van der Waals surface area contributed by atoms with Crippen molar-refractivity contribution in [1.29, 1.82) is 0 Å². The molecule has 0 aliphatic rings. The normalized spacial score (nSPS) is 11.8. The predicted octanol–water partition coefficient (Wildman–Crippen LogP) is 4.67. The Balaban J connectivity index is 2.28. The van der Waals surface area contributed by atoms with E-state index < -0.39 is 17.2 Å². The molecule has 0 bridgehead atoms. The molecular formula is C20H20F2N2O. The molecule has 0 atom stereocenters. The van der Waals surface area contributed by atoms with Crippen LogP contribution in [0.4, 0.5) is 14.6 Å². The van der Waals surface area contributed by atoms with Crippen molar-refractivity contribution in [2.75, 3.05) is 11.9 Å². The second kappa shape index (κ2) is 6.41. The number of fused-ring (bicyclic) bond motifs is 1. The zero-order valence-electron chi connectivity index (χ0n) is 14.4. The van der Waals surface area contributed by atoms with Gasteiger partial charge in [-0.1, -0.05) is 29.8 Å². The van der Waals surface area contributed by atoms with Crippen LogP contribution in [0.1, 0.15) is 19.4 Å². The number of rotatable bonds is 4. The SMILES string of the molecule is Cc1cccc(-c2cnc(NC(C)(C)CO)c3cc(F)cc(F)c23)c1. The number of aryl methyl sites for hydroxylation is 1. The minimum atomic E-state index is -0.673. The van der Waals surface area contributed by atoms with Gasteiger partial charge in [-0.15, -0.1) is 0 Å². The van der Waals surface area contributed by atoms with E-state index in [2.05, 4.69) is 10.3 Å². The van der Waals surface area contributed by atoms with E-state index in [0.717, 1.165) is 17.2 Å². The summed E-state index contributed by atoms with van der Waals surface area (Å²) in [6.07, 6.45) is 1.58. The summed E-state index contributed by atoms with van der Waals surface area (Å²) in [5.41, 5.74) is 1.78. The van der Waals surface area contributed by atoms with Crippen LogP contribution in [-0.2, 0) is 0 Å². The lowest BCUT2D eigenvalue weighted by atomic mass is 9.98. The van der Waals surface area contributed by atoms with Crippen molar-refractivity contribution in [3.05, 3.63) is 59.8 Å². The first-order valence-corrected chi connectivity index (χ1v) is 8.04. The standard InChI is InChI=1S/C20H20F2N2O/c1-12-5-4-6-13(7-12)16-10-23-19(24-20(2,3)11-25)15-8-14(21)9-17(22)18(15)16/h4-10,25H,11H2,1-3H3,(H,23,24). The highest BCUT2D eigenvalue weighted by Crippen LogP contribution is 2.35. The van der Waals surface area contributed by atoms with Gasteiger partial charge in [0.25, 0.3) is 0 Å². The zero-order chi connectivity index (χ0) is 18.2. The summed E-state index contributed by atoms with van der Waals surface area (Å²) in [7, 11) is 0. The number of pyridine rings is 1. The molecule has 0 spiro atoms. The van der Waals surface area contributed by atoms with Gasteiger partial charge in [0, 0.05) is 28.6 Å². The van der Waals surface area contributed by atoms with Crippen molar-refractivity contribution in [1.82, 2.24) is 4.98 Å². The minimum Gasteiger partial charge on any atom is -0.394 e. The Hall–Kier alpha value is -2.53. The Morgan fingerprint density at radius 3 is 2.60 bits per heavy atom. The molecule has 0 fully saturated rings. The second-order valence-electron chi connectivity index (χ2n) is 6.87. The smallest absolute Gasteiger partial charge is 0.134 e. The first kappa shape index (κ1) is 17.3. The largest absolute Gasteiger partial charge is 0.394 e. The fourth-order valence-corrected chi connectivity index (χ4v) is 2.79. The number of anilines is 1. The van der Waals surface area contributed by atoms with Crippen LogP contribution in [0.3, 0.4) is 0 Å². The Labute approximate surface area is 145 Å². The molecule has 0 saturated heterocycles. The van der Waals surface area contributed by atoms with Crippen molar-refractivity contribution in [3.8, 4) is 11.1 Å². The molecule has 1 heterocycles.